The average Bonchev–Trinajstić information content (AvgIpc) is 2.83. The number of anilines is 1. The van der Waals surface area contributed by atoms with Crippen LogP contribution in [0.3, 0.4) is 0 Å². The summed E-state index contributed by atoms with van der Waals surface area (Å²) in [5.74, 6) is -1.03. The van der Waals surface area contributed by atoms with Gasteiger partial charge >= 0.3 is 5.97 Å². The van der Waals surface area contributed by atoms with E-state index in [4.69, 9.17) is 4.74 Å². The van der Waals surface area contributed by atoms with Crippen molar-refractivity contribution in [2.45, 2.75) is 40.7 Å². The zero-order valence-electron chi connectivity index (χ0n) is 15.2. The van der Waals surface area contributed by atoms with Gasteiger partial charge in [-0.3, -0.25) is 4.79 Å². The lowest BCUT2D eigenvalue weighted by atomic mass is 10.1. The Kier molecular flexibility index (Phi) is 5.64. The van der Waals surface area contributed by atoms with Gasteiger partial charge in [0, 0.05) is 16.9 Å². The van der Waals surface area contributed by atoms with Crippen LogP contribution in [-0.4, -0.2) is 28.6 Å². The van der Waals surface area contributed by atoms with Crippen LogP contribution in [0.2, 0.25) is 0 Å². The normalized spacial score (nSPS) is 11.9. The molecule has 6 nitrogen and oxygen atoms in total. The Morgan fingerprint density at radius 2 is 1.92 bits per heavy atom. The second kappa shape index (κ2) is 7.53. The van der Waals surface area contributed by atoms with Gasteiger partial charge in [0.1, 0.15) is 5.69 Å². The summed E-state index contributed by atoms with van der Waals surface area (Å²) < 4.78 is 5.10. The molecule has 0 radical (unpaired) electrons. The Morgan fingerprint density at radius 1 is 1.24 bits per heavy atom. The number of ether oxygens (including phenoxy) is 1. The van der Waals surface area contributed by atoms with Crippen molar-refractivity contribution in [2.75, 3.05) is 11.9 Å². The molecule has 1 amide bonds. The molecule has 0 bridgehead atoms. The van der Waals surface area contributed by atoms with Gasteiger partial charge in [-0.1, -0.05) is 12.1 Å². The third kappa shape index (κ3) is 4.28. The van der Waals surface area contributed by atoms with Crippen molar-refractivity contribution in [3.05, 3.63) is 51.8 Å². The van der Waals surface area contributed by atoms with Gasteiger partial charge in [0.05, 0.1) is 6.10 Å². The van der Waals surface area contributed by atoms with Crippen molar-refractivity contribution in [1.29, 1.82) is 0 Å². The fraction of sp³-hybridized carbons (Fsp3) is 0.368. The molecule has 2 rings (SSSR count). The molecule has 25 heavy (non-hydrogen) atoms. The molecule has 0 aliphatic carbocycles. The third-order valence-corrected chi connectivity index (χ3v) is 4.12. The van der Waals surface area contributed by atoms with E-state index in [9.17, 15) is 14.7 Å². The van der Waals surface area contributed by atoms with Gasteiger partial charge in [-0.2, -0.15) is 0 Å². The zero-order valence-corrected chi connectivity index (χ0v) is 15.2. The minimum absolute atomic E-state index is 0.257. The van der Waals surface area contributed by atoms with Crippen molar-refractivity contribution in [2.24, 2.45) is 0 Å². The number of aliphatic hydroxyl groups is 1. The maximum Gasteiger partial charge on any atom is 0.355 e. The Morgan fingerprint density at radius 3 is 2.52 bits per heavy atom. The molecule has 1 atom stereocenters. The molecule has 1 aromatic heterocycles. The fourth-order valence-corrected chi connectivity index (χ4v) is 2.86. The topological polar surface area (TPSA) is 91.4 Å². The van der Waals surface area contributed by atoms with Crippen LogP contribution in [0.15, 0.2) is 18.2 Å². The largest absolute Gasteiger partial charge is 0.451 e. The molecule has 0 aliphatic heterocycles. The van der Waals surface area contributed by atoms with Gasteiger partial charge < -0.3 is 20.1 Å². The third-order valence-electron chi connectivity index (χ3n) is 4.12. The highest BCUT2D eigenvalue weighted by atomic mass is 16.5. The molecule has 134 valence electrons. The number of hydrogen-bond acceptors (Lipinski definition) is 4. The maximum atomic E-state index is 12.2. The van der Waals surface area contributed by atoms with E-state index in [0.717, 1.165) is 11.1 Å². The lowest BCUT2D eigenvalue weighted by Crippen LogP contribution is -2.21. The Labute approximate surface area is 147 Å². The van der Waals surface area contributed by atoms with Crippen molar-refractivity contribution in [1.82, 2.24) is 4.98 Å². The van der Waals surface area contributed by atoms with E-state index in [-0.39, 0.29) is 12.3 Å². The standard InChI is InChI=1S/C19H24N2O4/c1-10-6-7-11(2)15(8-10)21-16(23)9-25-19(24)18-12(3)17(14(5)22)13(4)20-18/h6-8,14,20,22H,9H2,1-5H3,(H,21,23)/t14-/m1/s1. The van der Waals surface area contributed by atoms with E-state index in [0.29, 0.717) is 22.5 Å². The van der Waals surface area contributed by atoms with Gasteiger partial charge in [0.15, 0.2) is 6.61 Å². The summed E-state index contributed by atoms with van der Waals surface area (Å²) >= 11 is 0. The van der Waals surface area contributed by atoms with Crippen LogP contribution in [0, 0.1) is 27.7 Å². The van der Waals surface area contributed by atoms with Crippen LogP contribution in [0.4, 0.5) is 5.69 Å². The molecule has 6 heteroatoms. The molecule has 0 saturated heterocycles. The molecular weight excluding hydrogens is 320 g/mol. The monoisotopic (exact) mass is 344 g/mol. The molecule has 2 aromatic rings. The highest BCUT2D eigenvalue weighted by molar-refractivity contribution is 5.96. The number of aliphatic hydroxyl groups excluding tert-OH is 1. The second-order valence-corrected chi connectivity index (χ2v) is 6.28. The smallest absolute Gasteiger partial charge is 0.355 e. The summed E-state index contributed by atoms with van der Waals surface area (Å²) in [6.45, 7) is 8.59. The van der Waals surface area contributed by atoms with Gasteiger partial charge in [-0.05, 0) is 57.4 Å². The average molecular weight is 344 g/mol. The summed E-state index contributed by atoms with van der Waals surface area (Å²) in [6.07, 6.45) is -0.689. The molecular formula is C19H24N2O4. The van der Waals surface area contributed by atoms with E-state index in [1.165, 1.54) is 0 Å². The molecule has 0 saturated carbocycles. The zero-order chi connectivity index (χ0) is 18.7. The summed E-state index contributed by atoms with van der Waals surface area (Å²) in [5.41, 5.74) is 4.93. The minimum Gasteiger partial charge on any atom is -0.451 e. The van der Waals surface area contributed by atoms with Crippen molar-refractivity contribution < 1.29 is 19.4 Å². The van der Waals surface area contributed by atoms with E-state index in [1.807, 2.05) is 32.0 Å². The lowest BCUT2D eigenvalue weighted by Gasteiger charge is -2.10. The number of H-pyrrole nitrogens is 1. The number of nitrogens with one attached hydrogen (secondary N) is 2. The lowest BCUT2D eigenvalue weighted by molar-refractivity contribution is -0.119. The van der Waals surface area contributed by atoms with Crippen LogP contribution in [0.5, 0.6) is 0 Å². The van der Waals surface area contributed by atoms with E-state index in [1.54, 1.807) is 20.8 Å². The van der Waals surface area contributed by atoms with Crippen molar-refractivity contribution in [3.63, 3.8) is 0 Å². The number of aromatic nitrogens is 1. The van der Waals surface area contributed by atoms with E-state index in [2.05, 4.69) is 10.3 Å². The summed E-state index contributed by atoms with van der Waals surface area (Å²) in [7, 11) is 0. The first-order valence-electron chi connectivity index (χ1n) is 8.12. The summed E-state index contributed by atoms with van der Waals surface area (Å²) in [6, 6.07) is 5.74. The SMILES string of the molecule is Cc1ccc(C)c(NC(=O)COC(=O)c2[nH]c(C)c([C@@H](C)O)c2C)c1. The number of hydrogen-bond donors (Lipinski definition) is 3. The van der Waals surface area contributed by atoms with E-state index >= 15 is 0 Å². The molecule has 0 spiro atoms. The molecule has 1 aromatic carbocycles. The first kappa shape index (κ1) is 18.7. The molecule has 1 heterocycles. The van der Waals surface area contributed by atoms with Crippen LogP contribution in [-0.2, 0) is 9.53 Å². The molecule has 0 aliphatic rings. The second-order valence-electron chi connectivity index (χ2n) is 6.28. The van der Waals surface area contributed by atoms with Crippen LogP contribution in [0.1, 0.15) is 51.5 Å². The van der Waals surface area contributed by atoms with Gasteiger partial charge in [0.2, 0.25) is 0 Å². The van der Waals surface area contributed by atoms with Gasteiger partial charge in [-0.15, -0.1) is 0 Å². The Bertz CT molecular complexity index is 806. The van der Waals surface area contributed by atoms with E-state index < -0.39 is 18.0 Å². The fourth-order valence-electron chi connectivity index (χ4n) is 2.86. The number of carbonyl (C=O) groups excluding carboxylic acids is 2. The first-order valence-corrected chi connectivity index (χ1v) is 8.12. The van der Waals surface area contributed by atoms with Crippen LogP contribution >= 0.6 is 0 Å². The highest BCUT2D eigenvalue weighted by Crippen LogP contribution is 2.24. The van der Waals surface area contributed by atoms with Crippen LogP contribution in [0.25, 0.3) is 0 Å². The summed E-state index contributed by atoms with van der Waals surface area (Å²) in [5, 5.41) is 12.5. The van der Waals surface area contributed by atoms with Crippen LogP contribution < -0.4 is 5.32 Å². The number of benzene rings is 1. The highest BCUT2D eigenvalue weighted by Gasteiger charge is 2.21. The predicted octanol–water partition coefficient (Wildman–Crippen LogP) is 3.10. The Hall–Kier alpha value is -2.60. The van der Waals surface area contributed by atoms with Crippen molar-refractivity contribution in [3.8, 4) is 0 Å². The number of rotatable bonds is 5. The first-order chi connectivity index (χ1) is 11.7. The summed E-state index contributed by atoms with van der Waals surface area (Å²) in [4.78, 5) is 27.2. The van der Waals surface area contributed by atoms with Gasteiger partial charge in [-0.25, -0.2) is 4.79 Å². The number of esters is 1. The number of amides is 1. The Balaban J connectivity index is 2.01. The van der Waals surface area contributed by atoms with Gasteiger partial charge in [0.25, 0.3) is 5.91 Å². The molecule has 3 N–H and O–H groups in total. The number of aromatic amines is 1. The molecule has 0 fully saturated rings. The maximum absolute atomic E-state index is 12.2. The predicted molar refractivity (Wildman–Crippen MR) is 95.7 cm³/mol. The van der Waals surface area contributed by atoms with Crippen molar-refractivity contribution >= 4 is 17.6 Å². The number of aryl methyl sites for hydroxylation is 3. The number of carbonyl (C=O) groups is 2. The molecule has 0 unspecified atom stereocenters. The minimum atomic E-state index is -0.689. The quantitative estimate of drug-likeness (QED) is 0.727.